The Hall–Kier alpha value is -2.96. The summed E-state index contributed by atoms with van der Waals surface area (Å²) in [5.41, 5.74) is 2.24. The number of thiocarbonyl (C=S) groups is 1. The summed E-state index contributed by atoms with van der Waals surface area (Å²) in [4.78, 5) is 15.0. The first-order valence-corrected chi connectivity index (χ1v) is 10.1. The molecule has 0 aromatic heterocycles. The van der Waals surface area contributed by atoms with Crippen LogP contribution in [0.1, 0.15) is 11.1 Å². The fourth-order valence-corrected chi connectivity index (χ4v) is 4.22. The Morgan fingerprint density at radius 3 is 2.55 bits per heavy atom. The first-order valence-electron chi connectivity index (χ1n) is 8.91. The van der Waals surface area contributed by atoms with Gasteiger partial charge < -0.3 is 4.74 Å². The number of carbonyl (C=O) groups excluding carboxylic acids is 1. The van der Waals surface area contributed by atoms with Gasteiger partial charge in [0.05, 0.1) is 10.6 Å². The van der Waals surface area contributed by atoms with Crippen molar-refractivity contribution >= 4 is 46.0 Å². The third kappa shape index (κ3) is 4.39. The van der Waals surface area contributed by atoms with Crippen LogP contribution in [0.25, 0.3) is 6.08 Å². The van der Waals surface area contributed by atoms with Gasteiger partial charge in [-0.05, 0) is 42.0 Å². The standard InChI is InChI=1S/C23H16FNO2S2/c24-18-9-6-7-16(13-18)15-27-20-12-5-4-8-17(20)14-21-22(26)25(23(28)29-21)19-10-2-1-3-11-19/h1-14H,15H2/b21-14+. The molecule has 1 aliphatic rings. The highest BCUT2D eigenvalue weighted by atomic mass is 32.2. The number of ether oxygens (including phenoxy) is 1. The van der Waals surface area contributed by atoms with E-state index in [1.54, 1.807) is 18.2 Å². The Kier molecular flexibility index (Phi) is 5.74. The first-order chi connectivity index (χ1) is 14.1. The van der Waals surface area contributed by atoms with Crippen LogP contribution in [-0.2, 0) is 11.4 Å². The van der Waals surface area contributed by atoms with E-state index in [0.29, 0.717) is 15.0 Å². The molecule has 29 heavy (non-hydrogen) atoms. The second-order valence-electron chi connectivity index (χ2n) is 6.31. The summed E-state index contributed by atoms with van der Waals surface area (Å²) in [5, 5.41) is 0. The molecule has 3 aromatic carbocycles. The highest BCUT2D eigenvalue weighted by Gasteiger charge is 2.33. The minimum absolute atomic E-state index is 0.161. The van der Waals surface area contributed by atoms with E-state index in [1.807, 2.05) is 54.6 Å². The van der Waals surface area contributed by atoms with E-state index in [4.69, 9.17) is 17.0 Å². The maximum atomic E-state index is 13.4. The number of hydrogen-bond acceptors (Lipinski definition) is 4. The molecule has 1 aliphatic heterocycles. The highest BCUT2D eigenvalue weighted by Crippen LogP contribution is 2.37. The second-order valence-corrected chi connectivity index (χ2v) is 7.98. The van der Waals surface area contributed by atoms with Crippen LogP contribution < -0.4 is 9.64 Å². The van der Waals surface area contributed by atoms with Crippen LogP contribution in [0.5, 0.6) is 5.75 Å². The molecule has 0 unspecified atom stereocenters. The van der Waals surface area contributed by atoms with Crippen LogP contribution >= 0.6 is 24.0 Å². The van der Waals surface area contributed by atoms with Gasteiger partial charge in [0.25, 0.3) is 5.91 Å². The lowest BCUT2D eigenvalue weighted by molar-refractivity contribution is -0.113. The molecule has 1 saturated heterocycles. The molecule has 1 heterocycles. The van der Waals surface area contributed by atoms with Crippen molar-refractivity contribution in [2.45, 2.75) is 6.61 Å². The molecule has 0 radical (unpaired) electrons. The largest absolute Gasteiger partial charge is 0.488 e. The van der Waals surface area contributed by atoms with Gasteiger partial charge in [-0.3, -0.25) is 9.69 Å². The van der Waals surface area contributed by atoms with E-state index in [9.17, 15) is 9.18 Å². The fourth-order valence-electron chi connectivity index (χ4n) is 2.93. The Morgan fingerprint density at radius 2 is 1.76 bits per heavy atom. The van der Waals surface area contributed by atoms with E-state index in [1.165, 1.54) is 28.8 Å². The van der Waals surface area contributed by atoms with Gasteiger partial charge >= 0.3 is 0 Å². The molecular weight excluding hydrogens is 405 g/mol. The van der Waals surface area contributed by atoms with Crippen molar-refractivity contribution in [1.29, 1.82) is 0 Å². The number of hydrogen-bond donors (Lipinski definition) is 0. The number of nitrogens with zero attached hydrogens (tertiary/aromatic N) is 1. The molecule has 144 valence electrons. The molecule has 1 fully saturated rings. The van der Waals surface area contributed by atoms with E-state index in [0.717, 1.165) is 16.8 Å². The van der Waals surface area contributed by atoms with Gasteiger partial charge in [-0.25, -0.2) is 4.39 Å². The van der Waals surface area contributed by atoms with Crippen LogP contribution in [0.15, 0.2) is 83.8 Å². The SMILES string of the molecule is O=C1/C(=C\c2ccccc2OCc2cccc(F)c2)SC(=S)N1c1ccccc1. The smallest absolute Gasteiger partial charge is 0.270 e. The molecule has 6 heteroatoms. The van der Waals surface area contributed by atoms with Crippen molar-refractivity contribution in [1.82, 2.24) is 0 Å². The van der Waals surface area contributed by atoms with Gasteiger partial charge in [0.15, 0.2) is 4.32 Å². The predicted octanol–water partition coefficient (Wildman–Crippen LogP) is 5.81. The number of benzene rings is 3. The highest BCUT2D eigenvalue weighted by molar-refractivity contribution is 8.27. The van der Waals surface area contributed by atoms with Crippen molar-refractivity contribution in [3.8, 4) is 5.75 Å². The zero-order chi connectivity index (χ0) is 20.2. The zero-order valence-corrected chi connectivity index (χ0v) is 16.9. The van der Waals surface area contributed by atoms with Gasteiger partial charge in [-0.1, -0.05) is 72.5 Å². The van der Waals surface area contributed by atoms with E-state index < -0.39 is 0 Å². The molecule has 3 aromatic rings. The summed E-state index contributed by atoms with van der Waals surface area (Å²) in [7, 11) is 0. The van der Waals surface area contributed by atoms with Crippen LogP contribution in [0, 0.1) is 5.82 Å². The molecule has 0 N–H and O–H groups in total. The van der Waals surface area contributed by atoms with Crippen molar-refractivity contribution in [2.24, 2.45) is 0 Å². The molecule has 0 bridgehead atoms. The summed E-state index contributed by atoms with van der Waals surface area (Å²) in [6.07, 6.45) is 1.78. The minimum Gasteiger partial charge on any atom is -0.488 e. The van der Waals surface area contributed by atoms with Gasteiger partial charge in [0, 0.05) is 5.56 Å². The molecule has 0 atom stereocenters. The number of rotatable bonds is 5. The molecule has 1 amide bonds. The van der Waals surface area contributed by atoms with Gasteiger partial charge in [0.1, 0.15) is 18.2 Å². The quantitative estimate of drug-likeness (QED) is 0.384. The number of anilines is 1. The first kappa shape index (κ1) is 19.4. The maximum absolute atomic E-state index is 13.4. The van der Waals surface area contributed by atoms with Crippen molar-refractivity contribution in [3.05, 3.63) is 101 Å². The molecule has 3 nitrogen and oxygen atoms in total. The van der Waals surface area contributed by atoms with Crippen molar-refractivity contribution in [3.63, 3.8) is 0 Å². The summed E-state index contributed by atoms with van der Waals surface area (Å²) in [5.74, 6) is 0.150. The number of amides is 1. The summed E-state index contributed by atoms with van der Waals surface area (Å²) in [6.45, 7) is 0.230. The second kappa shape index (κ2) is 8.59. The summed E-state index contributed by atoms with van der Waals surface area (Å²) >= 11 is 6.67. The van der Waals surface area contributed by atoms with Crippen LogP contribution in [0.3, 0.4) is 0 Å². The van der Waals surface area contributed by atoms with Gasteiger partial charge in [0.2, 0.25) is 0 Å². The third-order valence-corrected chi connectivity index (χ3v) is 5.60. The van der Waals surface area contributed by atoms with E-state index in [-0.39, 0.29) is 18.3 Å². The predicted molar refractivity (Wildman–Crippen MR) is 119 cm³/mol. The molecular formula is C23H16FNO2S2. The molecule has 0 saturated carbocycles. The maximum Gasteiger partial charge on any atom is 0.270 e. The average molecular weight is 422 g/mol. The zero-order valence-electron chi connectivity index (χ0n) is 15.2. The number of thioether (sulfide) groups is 1. The average Bonchev–Trinajstić information content (AvgIpc) is 3.01. The van der Waals surface area contributed by atoms with Crippen LogP contribution in [0.4, 0.5) is 10.1 Å². The lowest BCUT2D eigenvalue weighted by Gasteiger charge is -2.14. The lowest BCUT2D eigenvalue weighted by Crippen LogP contribution is -2.27. The minimum atomic E-state index is -0.302. The van der Waals surface area contributed by atoms with Crippen LogP contribution in [0.2, 0.25) is 0 Å². The third-order valence-electron chi connectivity index (χ3n) is 4.30. The van der Waals surface area contributed by atoms with Crippen molar-refractivity contribution < 1.29 is 13.9 Å². The van der Waals surface area contributed by atoms with Gasteiger partial charge in [-0.15, -0.1) is 0 Å². The normalized spacial score (nSPS) is 15.2. The Bertz CT molecular complexity index is 1100. The van der Waals surface area contributed by atoms with Gasteiger partial charge in [-0.2, -0.15) is 0 Å². The molecule has 4 rings (SSSR count). The van der Waals surface area contributed by atoms with Crippen LogP contribution in [-0.4, -0.2) is 10.2 Å². The topological polar surface area (TPSA) is 29.5 Å². The Balaban J connectivity index is 1.57. The number of halogens is 1. The van der Waals surface area contributed by atoms with E-state index >= 15 is 0 Å². The van der Waals surface area contributed by atoms with Crippen molar-refractivity contribution in [2.75, 3.05) is 4.90 Å². The number of carbonyl (C=O) groups is 1. The molecule has 0 aliphatic carbocycles. The monoisotopic (exact) mass is 421 g/mol. The Morgan fingerprint density at radius 1 is 1.00 bits per heavy atom. The fraction of sp³-hybridized carbons (Fsp3) is 0.0435. The number of para-hydroxylation sites is 2. The van der Waals surface area contributed by atoms with E-state index in [2.05, 4.69) is 0 Å². The lowest BCUT2D eigenvalue weighted by atomic mass is 10.1. The molecule has 0 spiro atoms. The summed E-state index contributed by atoms with van der Waals surface area (Å²) < 4.78 is 19.8. The Labute approximate surface area is 177 Å². The summed E-state index contributed by atoms with van der Waals surface area (Å²) in [6, 6.07) is 23.0.